The predicted octanol–water partition coefficient (Wildman–Crippen LogP) is 1.92. The van der Waals surface area contributed by atoms with E-state index in [9.17, 15) is 8.78 Å². The lowest BCUT2D eigenvalue weighted by Crippen LogP contribution is -2.55. The summed E-state index contributed by atoms with van der Waals surface area (Å²) in [6, 6.07) is 7.92. The van der Waals surface area contributed by atoms with Crippen LogP contribution in [0.2, 0.25) is 0 Å². The smallest absolute Gasteiger partial charge is 0.288 e. The zero-order valence-corrected chi connectivity index (χ0v) is 12.2. The van der Waals surface area contributed by atoms with Gasteiger partial charge in [0.05, 0.1) is 6.61 Å². The van der Waals surface area contributed by atoms with Gasteiger partial charge in [-0.2, -0.15) is 0 Å². The summed E-state index contributed by atoms with van der Waals surface area (Å²) in [6.45, 7) is 2.45. The van der Waals surface area contributed by atoms with Crippen molar-refractivity contribution in [3.05, 3.63) is 35.9 Å². The van der Waals surface area contributed by atoms with Gasteiger partial charge in [-0.3, -0.25) is 0 Å². The molecule has 1 aliphatic rings. The van der Waals surface area contributed by atoms with Crippen LogP contribution in [-0.4, -0.2) is 42.2 Å². The van der Waals surface area contributed by atoms with Gasteiger partial charge in [0.1, 0.15) is 18.8 Å². The summed E-state index contributed by atoms with van der Waals surface area (Å²) in [7, 11) is 0. The molecule has 4 nitrogen and oxygen atoms in total. The second-order valence-corrected chi connectivity index (χ2v) is 5.63. The fourth-order valence-electron chi connectivity index (χ4n) is 2.35. The molecule has 0 saturated carbocycles. The van der Waals surface area contributed by atoms with E-state index < -0.39 is 30.5 Å². The quantitative estimate of drug-likeness (QED) is 0.843. The number of aliphatic hydroxyl groups is 1. The third kappa shape index (κ3) is 4.20. The van der Waals surface area contributed by atoms with Crippen LogP contribution in [-0.2, 0) is 16.0 Å². The van der Waals surface area contributed by atoms with Gasteiger partial charge in [0.15, 0.2) is 5.79 Å². The minimum atomic E-state index is -3.29. The van der Waals surface area contributed by atoms with Crippen molar-refractivity contribution in [1.29, 1.82) is 0 Å². The van der Waals surface area contributed by atoms with Gasteiger partial charge in [-0.25, -0.2) is 8.78 Å². The fraction of sp³-hybridized carbons (Fsp3) is 0.600. The third-order valence-electron chi connectivity index (χ3n) is 3.44. The molecular formula is C15H21F2NO3. The van der Waals surface area contributed by atoms with Crippen LogP contribution >= 0.6 is 0 Å². The standard InChI is InChI=1S/C15H21F2NO3/c1-14(2)20-9-12(21-14)13(15(16,17)10-19)18-8-11-6-4-3-5-7-11/h3-7,12-13,18-19H,8-10H2,1-2H3/t12-,13+/m1/s1. The number of hydrogen-bond acceptors (Lipinski definition) is 4. The van der Waals surface area contributed by atoms with Gasteiger partial charge >= 0.3 is 0 Å². The minimum absolute atomic E-state index is 0.0645. The molecular weight excluding hydrogens is 280 g/mol. The Bertz CT molecular complexity index is 453. The van der Waals surface area contributed by atoms with E-state index in [2.05, 4.69) is 5.32 Å². The maximum Gasteiger partial charge on any atom is 0.288 e. The van der Waals surface area contributed by atoms with Gasteiger partial charge in [0, 0.05) is 6.54 Å². The molecule has 2 atom stereocenters. The first kappa shape index (κ1) is 16.3. The van der Waals surface area contributed by atoms with Gasteiger partial charge in [-0.15, -0.1) is 0 Å². The van der Waals surface area contributed by atoms with Crippen LogP contribution in [0.4, 0.5) is 8.78 Å². The highest BCUT2D eigenvalue weighted by atomic mass is 19.3. The van der Waals surface area contributed by atoms with Crippen LogP contribution in [0.1, 0.15) is 19.4 Å². The van der Waals surface area contributed by atoms with Gasteiger partial charge < -0.3 is 19.9 Å². The molecule has 0 amide bonds. The third-order valence-corrected chi connectivity index (χ3v) is 3.44. The molecule has 0 aliphatic carbocycles. The summed E-state index contributed by atoms with van der Waals surface area (Å²) in [5, 5.41) is 11.8. The monoisotopic (exact) mass is 301 g/mol. The fourth-order valence-corrected chi connectivity index (χ4v) is 2.35. The Morgan fingerprint density at radius 1 is 1.38 bits per heavy atom. The molecule has 1 fully saturated rings. The first-order chi connectivity index (χ1) is 9.84. The van der Waals surface area contributed by atoms with Crippen LogP contribution in [0, 0.1) is 0 Å². The van der Waals surface area contributed by atoms with E-state index in [-0.39, 0.29) is 13.2 Å². The average Bonchev–Trinajstić information content (AvgIpc) is 2.80. The number of nitrogens with one attached hydrogen (secondary N) is 1. The van der Waals surface area contributed by atoms with Gasteiger partial charge in [-0.05, 0) is 19.4 Å². The van der Waals surface area contributed by atoms with Crippen molar-refractivity contribution in [1.82, 2.24) is 5.32 Å². The van der Waals surface area contributed by atoms with Gasteiger partial charge in [0.2, 0.25) is 0 Å². The molecule has 21 heavy (non-hydrogen) atoms. The largest absolute Gasteiger partial charge is 0.390 e. The second-order valence-electron chi connectivity index (χ2n) is 5.63. The number of aliphatic hydroxyl groups excluding tert-OH is 1. The number of hydrogen-bond donors (Lipinski definition) is 2. The summed E-state index contributed by atoms with van der Waals surface area (Å²) in [4.78, 5) is 0. The van der Waals surface area contributed by atoms with E-state index in [0.717, 1.165) is 5.56 Å². The zero-order valence-electron chi connectivity index (χ0n) is 12.2. The van der Waals surface area contributed by atoms with Crippen molar-refractivity contribution >= 4 is 0 Å². The molecule has 1 aliphatic heterocycles. The molecule has 2 rings (SSSR count). The first-order valence-corrected chi connectivity index (χ1v) is 6.92. The van der Waals surface area contributed by atoms with E-state index >= 15 is 0 Å². The normalized spacial score (nSPS) is 23.2. The topological polar surface area (TPSA) is 50.7 Å². The number of rotatable bonds is 6. The minimum Gasteiger partial charge on any atom is -0.390 e. The number of benzene rings is 1. The highest BCUT2D eigenvalue weighted by molar-refractivity contribution is 5.14. The maximum absolute atomic E-state index is 14.0. The molecule has 0 aromatic heterocycles. The van der Waals surface area contributed by atoms with Crippen molar-refractivity contribution in [2.75, 3.05) is 13.2 Å². The summed E-state index contributed by atoms with van der Waals surface area (Å²) in [6.07, 6.45) is -0.814. The predicted molar refractivity (Wildman–Crippen MR) is 74.0 cm³/mol. The van der Waals surface area contributed by atoms with Crippen LogP contribution in [0.15, 0.2) is 30.3 Å². The van der Waals surface area contributed by atoms with Crippen LogP contribution in [0.25, 0.3) is 0 Å². The van der Waals surface area contributed by atoms with E-state index in [4.69, 9.17) is 14.6 Å². The van der Waals surface area contributed by atoms with Crippen LogP contribution in [0.3, 0.4) is 0 Å². The first-order valence-electron chi connectivity index (χ1n) is 6.92. The SMILES string of the molecule is CC1(C)OC[C@H]([C@H](NCc2ccccc2)C(F)(F)CO)O1. The molecule has 0 spiro atoms. The van der Waals surface area contributed by atoms with E-state index in [1.165, 1.54) is 0 Å². The Balaban J connectivity index is 2.06. The molecule has 1 saturated heterocycles. The summed E-state index contributed by atoms with van der Waals surface area (Å²) in [5.41, 5.74) is 0.884. The summed E-state index contributed by atoms with van der Waals surface area (Å²) in [5.74, 6) is -4.17. The molecule has 0 bridgehead atoms. The lowest BCUT2D eigenvalue weighted by molar-refractivity contribution is -0.163. The maximum atomic E-state index is 14.0. The number of alkyl halides is 2. The van der Waals surface area contributed by atoms with E-state index in [1.54, 1.807) is 13.8 Å². The second kappa shape index (κ2) is 6.36. The summed E-state index contributed by atoms with van der Waals surface area (Å²) >= 11 is 0. The van der Waals surface area contributed by atoms with Crippen molar-refractivity contribution in [3.63, 3.8) is 0 Å². The van der Waals surface area contributed by atoms with E-state index in [1.807, 2.05) is 30.3 Å². The van der Waals surface area contributed by atoms with E-state index in [0.29, 0.717) is 0 Å². The lowest BCUT2D eigenvalue weighted by atomic mass is 10.0. The average molecular weight is 301 g/mol. The molecule has 6 heteroatoms. The van der Waals surface area contributed by atoms with Crippen molar-refractivity contribution in [3.8, 4) is 0 Å². The highest BCUT2D eigenvalue weighted by Crippen LogP contribution is 2.30. The van der Waals surface area contributed by atoms with Gasteiger partial charge in [0.25, 0.3) is 5.92 Å². The van der Waals surface area contributed by atoms with Crippen LogP contribution in [0.5, 0.6) is 0 Å². The Labute approximate surface area is 123 Å². The molecule has 1 aromatic rings. The Kier molecular flexibility index (Phi) is 4.93. The molecule has 0 unspecified atom stereocenters. The van der Waals surface area contributed by atoms with Crippen molar-refractivity contribution in [2.24, 2.45) is 0 Å². The Hall–Kier alpha value is -1.08. The number of halogens is 2. The summed E-state index contributed by atoms with van der Waals surface area (Å²) < 4.78 is 38.8. The molecule has 0 radical (unpaired) electrons. The molecule has 118 valence electrons. The molecule has 1 heterocycles. The zero-order chi connectivity index (χ0) is 15.5. The van der Waals surface area contributed by atoms with Crippen molar-refractivity contribution < 1.29 is 23.4 Å². The van der Waals surface area contributed by atoms with Crippen molar-refractivity contribution in [2.45, 2.75) is 44.2 Å². The molecule has 1 aromatic carbocycles. The van der Waals surface area contributed by atoms with Crippen LogP contribution < -0.4 is 5.32 Å². The highest BCUT2D eigenvalue weighted by Gasteiger charge is 2.48. The Morgan fingerprint density at radius 3 is 2.57 bits per heavy atom. The number of ether oxygens (including phenoxy) is 2. The molecule has 2 N–H and O–H groups in total. The lowest BCUT2D eigenvalue weighted by Gasteiger charge is -2.31. The van der Waals surface area contributed by atoms with Gasteiger partial charge in [-0.1, -0.05) is 30.3 Å². The Morgan fingerprint density at radius 2 is 2.05 bits per heavy atom.